The van der Waals surface area contributed by atoms with Crippen molar-refractivity contribution in [3.63, 3.8) is 0 Å². The Kier molecular flexibility index (Phi) is 14.4. The van der Waals surface area contributed by atoms with Crippen LogP contribution in [0.2, 0.25) is 0 Å². The Bertz CT molecular complexity index is 1440. The Labute approximate surface area is 284 Å². The molecule has 6 heteroatoms. The summed E-state index contributed by atoms with van der Waals surface area (Å²) in [6, 6.07) is 65.9. The molecule has 0 saturated carbocycles. The molecule has 0 unspecified atom stereocenters. The Morgan fingerprint density at radius 2 is 0.478 bits per heavy atom. The number of rotatable bonds is 8. The van der Waals surface area contributed by atoms with E-state index in [-0.39, 0.29) is 0 Å². The molecule has 0 bridgehead atoms. The van der Waals surface area contributed by atoms with Crippen LogP contribution in [0.25, 0.3) is 0 Å². The summed E-state index contributed by atoms with van der Waals surface area (Å²) in [4.78, 5) is 18.8. The second-order valence-electron chi connectivity index (χ2n) is 9.92. The number of carboxylic acid groups (broad SMARTS) is 2. The van der Waals surface area contributed by atoms with Gasteiger partial charge in [-0.15, -0.1) is 0 Å². The zero-order valence-electron chi connectivity index (χ0n) is 25.1. The van der Waals surface area contributed by atoms with Gasteiger partial charge in [-0.3, -0.25) is 0 Å². The van der Waals surface area contributed by atoms with Crippen LogP contribution < -0.4 is 31.7 Å². The Balaban J connectivity index is 0.000000170. The van der Waals surface area contributed by atoms with Crippen LogP contribution in [0.5, 0.6) is 0 Å². The summed E-state index contributed by atoms with van der Waals surface area (Å²) in [6.45, 7) is 0. The van der Waals surface area contributed by atoms with Gasteiger partial charge in [0.05, 0.1) is 11.9 Å². The van der Waals surface area contributed by atoms with Gasteiger partial charge in [0.15, 0.2) is 0 Å². The molecule has 0 aliphatic heterocycles. The van der Waals surface area contributed by atoms with Crippen molar-refractivity contribution in [3.05, 3.63) is 194 Å². The Morgan fingerprint density at radius 3 is 0.609 bits per heavy atom. The average molecular weight is 814 g/mol. The van der Waals surface area contributed by atoms with Crippen LogP contribution in [0.3, 0.4) is 0 Å². The molecule has 46 heavy (non-hydrogen) atoms. The first-order valence-corrected chi connectivity index (χ1v) is 23.3. The van der Waals surface area contributed by atoms with Crippen LogP contribution in [0.1, 0.15) is 0 Å². The fraction of sp³-hybridized carbons (Fsp3) is 0. The summed E-state index contributed by atoms with van der Waals surface area (Å²) in [6.07, 6.45) is 0.769. The quantitative estimate of drug-likeness (QED) is 0.172. The Hall–Kier alpha value is -4.40. The summed E-state index contributed by atoms with van der Waals surface area (Å²) in [5.74, 6) is -3.09. The minimum atomic E-state index is -1.98. The van der Waals surface area contributed by atoms with Crippen molar-refractivity contribution in [3.8, 4) is 0 Å². The molecule has 6 aromatic carbocycles. The van der Waals surface area contributed by atoms with E-state index >= 15 is 0 Å². The number of carboxylic acids is 2. The monoisotopic (exact) mass is 816 g/mol. The maximum atomic E-state index is 9.41. The van der Waals surface area contributed by atoms with Crippen LogP contribution >= 0.6 is 0 Å². The molecule has 0 radical (unpaired) electrons. The number of aliphatic carboxylic acids is 2. The van der Waals surface area contributed by atoms with Gasteiger partial charge in [0, 0.05) is 0 Å². The maximum absolute atomic E-state index is 9.41. The molecule has 224 valence electrons. The summed E-state index contributed by atoms with van der Waals surface area (Å²) in [7, 11) is 0. The van der Waals surface area contributed by atoms with Gasteiger partial charge in [-0.05, 0) is 12.2 Å². The van der Waals surface area contributed by atoms with Crippen molar-refractivity contribution >= 4 is 72.9 Å². The first kappa shape index (κ1) is 34.5. The summed E-state index contributed by atoms with van der Waals surface area (Å²) >= 11 is -3.96. The standard InChI is InChI=1S/6C6H5.C4H4O4.2Sn/c6*1-2-4-6-5-3-1;5-3(6)1-2-4(7)8;;/h6*1-5H;1-2H,(H,5,6)(H,7,8);;/q;;;;;;;2*+1/p-2/b;;;;;;2-1-;;. The molecule has 4 nitrogen and oxygen atoms in total. The number of hydrogen-bond donors (Lipinski definition) is 0. The van der Waals surface area contributed by atoms with E-state index in [1.807, 2.05) is 0 Å². The molecule has 0 amide bonds. The van der Waals surface area contributed by atoms with E-state index in [4.69, 9.17) is 0 Å². The second-order valence-corrected chi connectivity index (χ2v) is 24.1. The molecule has 0 aliphatic carbocycles. The third kappa shape index (κ3) is 11.2. The van der Waals surface area contributed by atoms with Crippen LogP contribution in [0.15, 0.2) is 194 Å². The SMILES string of the molecule is O=C([O-])/C=C\C(=O)[O-].c1cc[c]([Sn+]([c]2ccccc2)[c]2ccccc2)cc1.c1cc[c]([Sn+]([c]2ccccc2)[c]2ccccc2)cc1. The van der Waals surface area contributed by atoms with Crippen molar-refractivity contribution < 1.29 is 19.8 Å². The van der Waals surface area contributed by atoms with Gasteiger partial charge in [0.2, 0.25) is 0 Å². The van der Waals surface area contributed by atoms with E-state index in [1.165, 1.54) is 21.5 Å². The van der Waals surface area contributed by atoms with Gasteiger partial charge in [-0.1, -0.05) is 0 Å². The van der Waals surface area contributed by atoms with E-state index in [0.717, 1.165) is 0 Å². The van der Waals surface area contributed by atoms with E-state index in [9.17, 15) is 19.8 Å². The number of carbonyl (C=O) groups excluding carboxylic acids is 2. The molecule has 6 rings (SSSR count). The first-order chi connectivity index (χ1) is 22.5. The van der Waals surface area contributed by atoms with Gasteiger partial charge in [0.1, 0.15) is 0 Å². The van der Waals surface area contributed by atoms with Crippen molar-refractivity contribution in [2.75, 3.05) is 0 Å². The van der Waals surface area contributed by atoms with Gasteiger partial charge in [-0.2, -0.15) is 0 Å². The molecule has 0 spiro atoms. The summed E-state index contributed by atoms with van der Waals surface area (Å²) in [5.41, 5.74) is 0. The minimum absolute atomic E-state index is 0.384. The van der Waals surface area contributed by atoms with Crippen LogP contribution in [0.4, 0.5) is 0 Å². The normalized spacial score (nSPS) is 10.0. The van der Waals surface area contributed by atoms with Gasteiger partial charge < -0.3 is 19.8 Å². The van der Waals surface area contributed by atoms with Gasteiger partial charge in [0.25, 0.3) is 0 Å². The molecule has 0 atom stereocenters. The van der Waals surface area contributed by atoms with Crippen LogP contribution in [-0.4, -0.2) is 51.5 Å². The van der Waals surface area contributed by atoms with Gasteiger partial charge >= 0.3 is 243 Å². The number of benzene rings is 6. The molecule has 0 aromatic heterocycles. The first-order valence-electron chi connectivity index (χ1n) is 14.7. The third-order valence-electron chi connectivity index (χ3n) is 6.73. The van der Waals surface area contributed by atoms with Crippen molar-refractivity contribution in [2.45, 2.75) is 0 Å². The van der Waals surface area contributed by atoms with Crippen molar-refractivity contribution in [2.24, 2.45) is 0 Å². The summed E-state index contributed by atoms with van der Waals surface area (Å²) in [5, 5.41) is 18.8. The molecule has 0 aliphatic rings. The molecule has 0 N–H and O–H groups in total. The third-order valence-corrected chi connectivity index (χ3v) is 22.3. The predicted octanol–water partition coefficient (Wildman–Crippen LogP) is 1.45. The second kappa shape index (κ2) is 19.2. The summed E-state index contributed by atoms with van der Waals surface area (Å²) < 4.78 is 9.18. The molecule has 0 heterocycles. The van der Waals surface area contributed by atoms with Crippen molar-refractivity contribution in [1.82, 2.24) is 0 Å². The molecular formula is C40H32O4Sn2. The predicted molar refractivity (Wildman–Crippen MR) is 187 cm³/mol. The number of carbonyl (C=O) groups is 2. The number of hydrogen-bond acceptors (Lipinski definition) is 4. The molecule has 0 saturated heterocycles. The van der Waals surface area contributed by atoms with Crippen LogP contribution in [0, 0.1) is 0 Å². The zero-order valence-corrected chi connectivity index (χ0v) is 30.8. The van der Waals surface area contributed by atoms with Gasteiger partial charge in [-0.25, -0.2) is 0 Å². The fourth-order valence-corrected chi connectivity index (χ4v) is 19.5. The van der Waals surface area contributed by atoms with E-state index in [2.05, 4.69) is 182 Å². The Morgan fingerprint density at radius 1 is 0.326 bits per heavy atom. The average Bonchev–Trinajstić information content (AvgIpc) is 3.11. The van der Waals surface area contributed by atoms with E-state index in [1.54, 1.807) is 0 Å². The molecular weight excluding hydrogens is 782 g/mol. The molecule has 0 fully saturated rings. The zero-order chi connectivity index (χ0) is 32.4. The topological polar surface area (TPSA) is 80.3 Å². The van der Waals surface area contributed by atoms with Crippen molar-refractivity contribution in [1.29, 1.82) is 0 Å². The van der Waals surface area contributed by atoms with E-state index in [0.29, 0.717) is 12.2 Å². The van der Waals surface area contributed by atoms with E-state index < -0.39 is 51.5 Å². The van der Waals surface area contributed by atoms with Crippen LogP contribution in [-0.2, 0) is 9.59 Å². The fourth-order valence-electron chi connectivity index (χ4n) is 4.76. The molecule has 6 aromatic rings.